The van der Waals surface area contributed by atoms with E-state index in [2.05, 4.69) is 19.9 Å². The number of anilines is 1. The summed E-state index contributed by atoms with van der Waals surface area (Å²) in [5.74, 6) is 1.76. The van der Waals surface area contributed by atoms with Gasteiger partial charge in [0.15, 0.2) is 5.82 Å². The number of hydrogen-bond donors (Lipinski definition) is 0. The van der Waals surface area contributed by atoms with Gasteiger partial charge in [-0.1, -0.05) is 18.0 Å². The van der Waals surface area contributed by atoms with Crippen molar-refractivity contribution in [3.8, 4) is 0 Å². The molecule has 0 radical (unpaired) electrons. The highest BCUT2D eigenvalue weighted by Gasteiger charge is 2.24. The van der Waals surface area contributed by atoms with Gasteiger partial charge < -0.3 is 14.3 Å². The first-order chi connectivity index (χ1) is 12.6. The van der Waals surface area contributed by atoms with Crippen LogP contribution in [0.15, 0.2) is 4.52 Å². The molecule has 1 aromatic heterocycles. The van der Waals surface area contributed by atoms with Crippen molar-refractivity contribution in [2.24, 2.45) is 5.92 Å². The number of aryl methyl sites for hydroxylation is 1. The molecule has 26 heavy (non-hydrogen) atoms. The lowest BCUT2D eigenvalue weighted by Gasteiger charge is -2.33. The van der Waals surface area contributed by atoms with Gasteiger partial charge in [0.25, 0.3) is 0 Å². The highest BCUT2D eigenvalue weighted by Crippen LogP contribution is 2.23. The molecule has 2 saturated heterocycles. The number of nitrogens with zero attached hydrogens (tertiary/aromatic N) is 5. The molecule has 0 atom stereocenters. The molecule has 0 N–H and O–H groups in total. The lowest BCUT2D eigenvalue weighted by Crippen LogP contribution is -2.44. The van der Waals surface area contributed by atoms with E-state index in [1.807, 2.05) is 19.0 Å². The van der Waals surface area contributed by atoms with Gasteiger partial charge in [-0.05, 0) is 51.1 Å². The number of piperidine rings is 1. The quantitative estimate of drug-likeness (QED) is 0.772. The topological polar surface area (TPSA) is 65.7 Å². The van der Waals surface area contributed by atoms with E-state index < -0.39 is 0 Å². The van der Waals surface area contributed by atoms with Crippen LogP contribution in [-0.2, 0) is 11.2 Å². The van der Waals surface area contributed by atoms with Gasteiger partial charge in [-0.2, -0.15) is 4.98 Å². The van der Waals surface area contributed by atoms with E-state index in [-0.39, 0.29) is 0 Å². The van der Waals surface area contributed by atoms with Crippen LogP contribution in [0.4, 0.5) is 6.01 Å². The van der Waals surface area contributed by atoms with E-state index in [0.29, 0.717) is 24.4 Å². The van der Waals surface area contributed by atoms with Crippen LogP contribution < -0.4 is 4.90 Å². The Morgan fingerprint density at radius 3 is 2.42 bits per heavy atom. The summed E-state index contributed by atoms with van der Waals surface area (Å²) in [6, 6.07) is 0.564. The van der Waals surface area contributed by atoms with Crippen LogP contribution in [0.3, 0.4) is 0 Å². The average molecular weight is 364 g/mol. The van der Waals surface area contributed by atoms with Crippen molar-refractivity contribution in [1.82, 2.24) is 19.9 Å². The lowest BCUT2D eigenvalue weighted by molar-refractivity contribution is -0.133. The molecule has 0 bridgehead atoms. The van der Waals surface area contributed by atoms with Gasteiger partial charge in [-0.3, -0.25) is 9.69 Å². The fraction of sp³-hybridized carbons (Fsp3) is 0.842. The number of rotatable bonds is 6. The van der Waals surface area contributed by atoms with Crippen molar-refractivity contribution in [3.63, 3.8) is 0 Å². The summed E-state index contributed by atoms with van der Waals surface area (Å²) in [6.45, 7) is 4.57. The van der Waals surface area contributed by atoms with Gasteiger partial charge in [0, 0.05) is 33.6 Å². The minimum Gasteiger partial charge on any atom is -0.342 e. The molecule has 2 fully saturated rings. The van der Waals surface area contributed by atoms with Gasteiger partial charge in [-0.25, -0.2) is 0 Å². The average Bonchev–Trinajstić information content (AvgIpc) is 2.98. The number of carbonyl (C=O) groups is 1. The molecule has 7 nitrogen and oxygen atoms in total. The fourth-order valence-electron chi connectivity index (χ4n) is 3.92. The first-order valence-electron chi connectivity index (χ1n) is 10.1. The van der Waals surface area contributed by atoms with Gasteiger partial charge in [0.1, 0.15) is 0 Å². The maximum Gasteiger partial charge on any atom is 0.323 e. The SMILES string of the molecule is CN(C)c1nc(CCC2CCN(C(=O)CN3CCCCCC3)CC2)no1. The Morgan fingerprint density at radius 2 is 1.81 bits per heavy atom. The van der Waals surface area contributed by atoms with Crippen molar-refractivity contribution >= 4 is 11.9 Å². The second kappa shape index (κ2) is 9.35. The highest BCUT2D eigenvalue weighted by atomic mass is 16.5. The van der Waals surface area contributed by atoms with Crippen molar-refractivity contribution in [3.05, 3.63) is 5.82 Å². The van der Waals surface area contributed by atoms with E-state index in [1.165, 1.54) is 25.7 Å². The zero-order valence-electron chi connectivity index (χ0n) is 16.3. The van der Waals surface area contributed by atoms with Gasteiger partial charge in [-0.15, -0.1) is 0 Å². The van der Waals surface area contributed by atoms with Crippen molar-refractivity contribution < 1.29 is 9.32 Å². The van der Waals surface area contributed by atoms with E-state index in [1.54, 1.807) is 0 Å². The molecule has 0 unspecified atom stereocenters. The van der Waals surface area contributed by atoms with Crippen LogP contribution in [0.5, 0.6) is 0 Å². The molecule has 3 heterocycles. The summed E-state index contributed by atoms with van der Waals surface area (Å²) in [5, 5.41) is 4.04. The summed E-state index contributed by atoms with van der Waals surface area (Å²) in [4.78, 5) is 23.2. The molecule has 0 aliphatic carbocycles. The van der Waals surface area contributed by atoms with Crippen molar-refractivity contribution in [2.45, 2.75) is 51.4 Å². The van der Waals surface area contributed by atoms with Gasteiger partial charge in [0.05, 0.1) is 6.54 Å². The zero-order chi connectivity index (χ0) is 18.4. The first kappa shape index (κ1) is 19.1. The third kappa shape index (κ3) is 5.43. The molecule has 2 aliphatic rings. The van der Waals surface area contributed by atoms with Gasteiger partial charge >= 0.3 is 6.01 Å². The Morgan fingerprint density at radius 1 is 1.12 bits per heavy atom. The Hall–Kier alpha value is -1.63. The minimum absolute atomic E-state index is 0.319. The molecular formula is C19H33N5O2. The summed E-state index contributed by atoms with van der Waals surface area (Å²) < 4.78 is 5.20. The number of amides is 1. The lowest BCUT2D eigenvalue weighted by atomic mass is 9.92. The number of likely N-dealkylation sites (tertiary alicyclic amines) is 2. The summed E-state index contributed by atoms with van der Waals surface area (Å²) in [5.41, 5.74) is 0. The first-order valence-corrected chi connectivity index (χ1v) is 10.1. The summed E-state index contributed by atoms with van der Waals surface area (Å²) in [6.07, 6.45) is 9.19. The molecule has 0 saturated carbocycles. The third-order valence-corrected chi connectivity index (χ3v) is 5.64. The molecule has 1 amide bonds. The molecule has 2 aliphatic heterocycles. The van der Waals surface area contributed by atoms with Crippen LogP contribution in [0.1, 0.15) is 50.8 Å². The summed E-state index contributed by atoms with van der Waals surface area (Å²) >= 11 is 0. The predicted molar refractivity (Wildman–Crippen MR) is 101 cm³/mol. The third-order valence-electron chi connectivity index (χ3n) is 5.64. The van der Waals surface area contributed by atoms with Crippen molar-refractivity contribution in [2.75, 3.05) is 51.7 Å². The van der Waals surface area contributed by atoms with Crippen LogP contribution >= 0.6 is 0 Å². The zero-order valence-corrected chi connectivity index (χ0v) is 16.3. The molecule has 3 rings (SSSR count). The Labute approximate surface area is 156 Å². The monoisotopic (exact) mass is 363 g/mol. The van der Waals surface area contributed by atoms with Crippen LogP contribution in [0.25, 0.3) is 0 Å². The molecular weight excluding hydrogens is 330 g/mol. The Kier molecular flexibility index (Phi) is 6.88. The molecule has 1 aromatic rings. The second-order valence-electron chi connectivity index (χ2n) is 7.94. The fourth-order valence-corrected chi connectivity index (χ4v) is 3.92. The van der Waals surface area contributed by atoms with Crippen LogP contribution in [0.2, 0.25) is 0 Å². The van der Waals surface area contributed by atoms with E-state index in [0.717, 1.165) is 57.7 Å². The normalized spacial score (nSPS) is 20.2. The number of hydrogen-bond acceptors (Lipinski definition) is 6. The number of aromatic nitrogens is 2. The standard InChI is InChI=1S/C19H33N5O2/c1-22(2)19-20-17(21-26-19)8-7-16-9-13-24(14-10-16)18(25)15-23-11-5-3-4-6-12-23/h16H,3-15H2,1-2H3. The molecule has 7 heteroatoms. The Balaban J connectivity index is 1.37. The van der Waals surface area contributed by atoms with E-state index in [9.17, 15) is 4.79 Å². The van der Waals surface area contributed by atoms with Gasteiger partial charge in [0.2, 0.25) is 5.91 Å². The van der Waals surface area contributed by atoms with Crippen molar-refractivity contribution in [1.29, 1.82) is 0 Å². The predicted octanol–water partition coefficient (Wildman–Crippen LogP) is 2.18. The van der Waals surface area contributed by atoms with E-state index >= 15 is 0 Å². The molecule has 0 aromatic carbocycles. The summed E-state index contributed by atoms with van der Waals surface area (Å²) in [7, 11) is 3.80. The molecule has 146 valence electrons. The number of carbonyl (C=O) groups excluding carboxylic acids is 1. The van der Waals surface area contributed by atoms with Crippen LogP contribution in [0, 0.1) is 5.92 Å². The Bertz CT molecular complexity index is 558. The van der Waals surface area contributed by atoms with Crippen LogP contribution in [-0.4, -0.2) is 72.7 Å². The minimum atomic E-state index is 0.319. The highest BCUT2D eigenvalue weighted by molar-refractivity contribution is 5.78. The molecule has 0 spiro atoms. The van der Waals surface area contributed by atoms with E-state index in [4.69, 9.17) is 4.52 Å². The largest absolute Gasteiger partial charge is 0.342 e. The second-order valence-corrected chi connectivity index (χ2v) is 7.94. The maximum atomic E-state index is 12.6. The maximum absolute atomic E-state index is 12.6. The smallest absolute Gasteiger partial charge is 0.323 e.